The minimum absolute atomic E-state index is 0.0542. The molecule has 3 atom stereocenters. The van der Waals surface area contributed by atoms with Crippen LogP contribution in [0.4, 0.5) is 0 Å². The second kappa shape index (κ2) is 5.62. The fraction of sp³-hybridized carbons (Fsp3) is 0.562. The Balaban J connectivity index is 1.60. The first-order chi connectivity index (χ1) is 10.7. The van der Waals surface area contributed by atoms with Crippen molar-refractivity contribution < 1.29 is 9.53 Å². The van der Waals surface area contributed by atoms with Crippen LogP contribution in [0.3, 0.4) is 0 Å². The van der Waals surface area contributed by atoms with E-state index in [9.17, 15) is 4.79 Å². The lowest BCUT2D eigenvalue weighted by atomic mass is 10.0. The summed E-state index contributed by atoms with van der Waals surface area (Å²) in [6.07, 6.45) is 0. The molecule has 118 valence electrons. The van der Waals surface area contributed by atoms with Crippen molar-refractivity contribution in [3.63, 3.8) is 0 Å². The molecule has 0 amide bonds. The molecule has 4 aliphatic rings. The minimum Gasteiger partial charge on any atom is -0.497 e. The van der Waals surface area contributed by atoms with Crippen molar-refractivity contribution in [2.24, 2.45) is 0 Å². The van der Waals surface area contributed by atoms with Crippen LogP contribution < -0.4 is 4.74 Å². The number of hydrogen-bond donors (Lipinski definition) is 0. The lowest BCUT2D eigenvalue weighted by Gasteiger charge is -2.30. The fourth-order valence-electron chi connectivity index (χ4n) is 3.69. The Morgan fingerprint density at radius 1 is 1.00 bits per heavy atom. The van der Waals surface area contributed by atoms with Gasteiger partial charge in [0.1, 0.15) is 5.75 Å². The second-order valence-corrected chi connectivity index (χ2v) is 6.41. The Morgan fingerprint density at radius 3 is 2.23 bits per heavy atom. The number of fused-ring (bicyclic) bond motifs is 2. The third kappa shape index (κ3) is 2.52. The molecule has 6 heteroatoms. The minimum atomic E-state index is -0.0542. The molecule has 22 heavy (non-hydrogen) atoms. The number of ether oxygens (including phenoxy) is 1. The molecule has 0 radical (unpaired) electrons. The maximum atomic E-state index is 13.0. The summed E-state index contributed by atoms with van der Waals surface area (Å²) in [5.74, 6) is 1.01. The summed E-state index contributed by atoms with van der Waals surface area (Å²) in [5, 5.41) is 0. The van der Waals surface area contributed by atoms with Gasteiger partial charge in [-0.15, -0.1) is 0 Å². The molecule has 1 aromatic carbocycles. The topological polar surface area (TPSA) is 39.3 Å². The molecule has 0 spiro atoms. The van der Waals surface area contributed by atoms with Crippen molar-refractivity contribution in [1.29, 1.82) is 0 Å². The van der Waals surface area contributed by atoms with E-state index in [1.165, 1.54) is 0 Å². The van der Waals surface area contributed by atoms with Crippen LogP contribution in [0.5, 0.6) is 5.75 Å². The first-order valence-electron chi connectivity index (χ1n) is 7.82. The van der Waals surface area contributed by atoms with Gasteiger partial charge in [-0.05, 0) is 24.3 Å². The summed E-state index contributed by atoms with van der Waals surface area (Å²) in [4.78, 5) is 22.6. The Labute approximate surface area is 130 Å². The van der Waals surface area contributed by atoms with Crippen molar-refractivity contribution in [1.82, 2.24) is 19.6 Å². The molecule has 0 aromatic heterocycles. The highest BCUT2D eigenvalue weighted by molar-refractivity contribution is 6.00. The lowest BCUT2D eigenvalue weighted by molar-refractivity contribution is 0.0585. The molecule has 3 unspecified atom stereocenters. The van der Waals surface area contributed by atoms with Gasteiger partial charge < -0.3 is 4.74 Å². The Bertz CT molecular complexity index is 546. The summed E-state index contributed by atoms with van der Waals surface area (Å²) in [6.45, 7) is 6.72. The Hall–Kier alpha value is -1.47. The number of carbonyl (C=O) groups excluding carboxylic acids is 1. The van der Waals surface area contributed by atoms with E-state index in [1.807, 2.05) is 24.3 Å². The van der Waals surface area contributed by atoms with Crippen molar-refractivity contribution >= 4 is 5.78 Å². The van der Waals surface area contributed by atoms with Gasteiger partial charge in [0.05, 0.1) is 39.8 Å². The van der Waals surface area contributed by atoms with E-state index < -0.39 is 0 Å². The average Bonchev–Trinajstić information content (AvgIpc) is 2.98. The quantitative estimate of drug-likeness (QED) is 0.749. The van der Waals surface area contributed by atoms with Gasteiger partial charge in [-0.25, -0.2) is 0 Å². The number of hydrogen-bond acceptors (Lipinski definition) is 6. The number of nitrogens with zero attached hydrogens (tertiary/aromatic N) is 4. The van der Waals surface area contributed by atoms with Crippen LogP contribution in [0, 0.1) is 0 Å². The molecular weight excluding hydrogens is 280 g/mol. The predicted octanol–water partition coefficient (Wildman–Crippen LogP) is 0.325. The van der Waals surface area contributed by atoms with Crippen LogP contribution in [0.25, 0.3) is 0 Å². The summed E-state index contributed by atoms with van der Waals surface area (Å²) in [7, 11) is 1.64. The largest absolute Gasteiger partial charge is 0.497 e. The molecule has 1 aromatic rings. The molecule has 4 aliphatic heterocycles. The number of carbonyl (C=O) groups is 1. The van der Waals surface area contributed by atoms with Crippen molar-refractivity contribution in [3.05, 3.63) is 29.8 Å². The summed E-state index contributed by atoms with van der Waals surface area (Å²) < 4.78 is 5.18. The Kier molecular flexibility index (Phi) is 3.62. The molecule has 5 rings (SSSR count). The molecule has 0 N–H and O–H groups in total. The van der Waals surface area contributed by atoms with Gasteiger partial charge in [-0.3, -0.25) is 24.4 Å². The van der Waals surface area contributed by atoms with E-state index in [-0.39, 0.29) is 11.8 Å². The number of methoxy groups -OCH3 is 1. The molecule has 4 saturated heterocycles. The lowest BCUT2D eigenvalue weighted by Crippen LogP contribution is -2.47. The number of rotatable bonds is 3. The van der Waals surface area contributed by atoms with Crippen LogP contribution in [-0.2, 0) is 0 Å². The number of Topliss-reactive ketones (excluding diaryl/α,β-unsaturated/α-hetero) is 1. The number of ketones is 1. The summed E-state index contributed by atoms with van der Waals surface area (Å²) in [5.41, 5.74) is 0.775. The van der Waals surface area contributed by atoms with Gasteiger partial charge in [-0.2, -0.15) is 0 Å². The molecular formula is C16H22N4O2. The molecule has 6 nitrogen and oxygen atoms in total. The number of benzene rings is 1. The highest BCUT2D eigenvalue weighted by Gasteiger charge is 2.39. The van der Waals surface area contributed by atoms with Gasteiger partial charge in [0.25, 0.3) is 0 Å². The van der Waals surface area contributed by atoms with E-state index in [1.54, 1.807) is 7.11 Å². The molecule has 0 saturated carbocycles. The maximum absolute atomic E-state index is 13.0. The first kappa shape index (κ1) is 14.1. The highest BCUT2D eigenvalue weighted by Crippen LogP contribution is 2.23. The zero-order valence-electron chi connectivity index (χ0n) is 12.9. The van der Waals surface area contributed by atoms with Crippen molar-refractivity contribution in [2.75, 3.05) is 53.4 Å². The third-order valence-electron chi connectivity index (χ3n) is 4.84. The summed E-state index contributed by atoms with van der Waals surface area (Å²) >= 11 is 0. The van der Waals surface area contributed by atoms with Gasteiger partial charge in [0, 0.05) is 25.2 Å². The van der Waals surface area contributed by atoms with Crippen LogP contribution in [0.1, 0.15) is 10.4 Å². The Morgan fingerprint density at radius 2 is 1.64 bits per heavy atom. The zero-order chi connectivity index (χ0) is 15.1. The van der Waals surface area contributed by atoms with Gasteiger partial charge in [-0.1, -0.05) is 0 Å². The van der Waals surface area contributed by atoms with Gasteiger partial charge >= 0.3 is 0 Å². The van der Waals surface area contributed by atoms with Gasteiger partial charge in [0.15, 0.2) is 5.78 Å². The SMILES string of the molecule is COc1ccc(C(=O)C2CN3CN4CCN(C3)CN2C4)cc1. The average molecular weight is 302 g/mol. The fourth-order valence-corrected chi connectivity index (χ4v) is 3.69. The molecule has 4 heterocycles. The zero-order valence-corrected chi connectivity index (χ0v) is 12.9. The van der Waals surface area contributed by atoms with Crippen LogP contribution in [-0.4, -0.2) is 84.8 Å². The summed E-state index contributed by atoms with van der Waals surface area (Å²) in [6, 6.07) is 7.43. The second-order valence-electron chi connectivity index (χ2n) is 6.41. The monoisotopic (exact) mass is 302 g/mol. The van der Waals surface area contributed by atoms with Crippen LogP contribution >= 0.6 is 0 Å². The smallest absolute Gasteiger partial charge is 0.181 e. The van der Waals surface area contributed by atoms with Crippen LogP contribution in [0.2, 0.25) is 0 Å². The van der Waals surface area contributed by atoms with E-state index in [0.29, 0.717) is 0 Å². The van der Waals surface area contributed by atoms with E-state index in [0.717, 1.165) is 57.6 Å². The van der Waals surface area contributed by atoms with Crippen LogP contribution in [0.15, 0.2) is 24.3 Å². The van der Waals surface area contributed by atoms with E-state index in [2.05, 4.69) is 19.6 Å². The molecule has 4 fully saturated rings. The van der Waals surface area contributed by atoms with E-state index in [4.69, 9.17) is 4.74 Å². The third-order valence-corrected chi connectivity index (χ3v) is 4.84. The van der Waals surface area contributed by atoms with E-state index >= 15 is 0 Å². The predicted molar refractivity (Wildman–Crippen MR) is 82.5 cm³/mol. The highest BCUT2D eigenvalue weighted by atomic mass is 16.5. The van der Waals surface area contributed by atoms with Crippen molar-refractivity contribution in [2.45, 2.75) is 6.04 Å². The molecule has 4 bridgehead atoms. The normalized spacial score (nSPS) is 36.7. The van der Waals surface area contributed by atoms with Crippen molar-refractivity contribution in [3.8, 4) is 5.75 Å². The maximum Gasteiger partial charge on any atom is 0.181 e. The molecule has 0 aliphatic carbocycles. The standard InChI is InChI=1S/C16H22N4O2/c1-22-14-4-2-13(3-5-14)16(21)15-8-19-9-17-6-7-18(10-19)12-20(15)11-17/h2-5,15H,6-12H2,1H3. The first-order valence-corrected chi connectivity index (χ1v) is 7.82. The van der Waals surface area contributed by atoms with Gasteiger partial charge in [0.2, 0.25) is 0 Å².